The minimum absolute atomic E-state index is 0. The molecule has 0 aliphatic carbocycles. The molecule has 1 unspecified atom stereocenters. The van der Waals surface area contributed by atoms with E-state index in [0.29, 0.717) is 42.5 Å². The second-order valence-electron chi connectivity index (χ2n) is 7.47. The van der Waals surface area contributed by atoms with Gasteiger partial charge in [0.1, 0.15) is 0 Å². The van der Waals surface area contributed by atoms with Crippen LogP contribution in [0, 0.1) is 0 Å². The van der Waals surface area contributed by atoms with E-state index in [9.17, 15) is 17.8 Å². The van der Waals surface area contributed by atoms with Crippen LogP contribution < -0.4 is 31.1 Å². The first kappa shape index (κ1) is 28.0. The zero-order valence-corrected chi connectivity index (χ0v) is 23.3. The SMILES string of the molecule is CCOC(=O)C(CC)[P+](c1ccccc1)(c1ccccc1)c1ccc[c]([Na])c1S(=O)(=O)O.[Cl-]. The van der Waals surface area contributed by atoms with Gasteiger partial charge in [-0.15, -0.1) is 0 Å². The molecule has 0 aliphatic rings. The number of ether oxygens (including phenoxy) is 1. The molecule has 170 valence electrons. The molecule has 0 bridgehead atoms. The number of rotatable bonds is 8. The quantitative estimate of drug-likeness (QED) is 0.187. The van der Waals surface area contributed by atoms with Crippen molar-refractivity contribution >= 4 is 70.0 Å². The van der Waals surface area contributed by atoms with E-state index < -0.39 is 23.0 Å². The molecule has 33 heavy (non-hydrogen) atoms. The monoisotopic (exact) mass is 514 g/mol. The van der Waals surface area contributed by atoms with Crippen LogP contribution in [0.4, 0.5) is 0 Å². The Hall–Kier alpha value is -1.24. The normalized spacial score (nSPS) is 12.5. The Kier molecular flexibility index (Phi) is 10.1. The van der Waals surface area contributed by atoms with Gasteiger partial charge in [0.05, 0.1) is 0 Å². The molecule has 0 aromatic heterocycles. The summed E-state index contributed by atoms with van der Waals surface area (Å²) in [6.45, 7) is 3.91. The summed E-state index contributed by atoms with van der Waals surface area (Å²) in [5.74, 6) is -0.365. The molecular formula is C24H25ClNaO5PS. The fraction of sp³-hybridized carbons (Fsp3) is 0.208. The van der Waals surface area contributed by atoms with Gasteiger partial charge < -0.3 is 12.4 Å². The average molecular weight is 515 g/mol. The van der Waals surface area contributed by atoms with Crippen LogP contribution >= 0.6 is 7.26 Å². The van der Waals surface area contributed by atoms with E-state index in [4.69, 9.17) is 4.74 Å². The van der Waals surface area contributed by atoms with Gasteiger partial charge in [-0.3, -0.25) is 0 Å². The molecule has 0 saturated carbocycles. The number of carbonyl (C=O) groups excluding carboxylic acids is 1. The predicted octanol–water partition coefficient (Wildman–Crippen LogP) is -0.633. The van der Waals surface area contributed by atoms with Crippen molar-refractivity contribution in [3.05, 3.63) is 78.9 Å². The maximum absolute atomic E-state index is 13.4. The molecular weight excluding hydrogens is 490 g/mol. The van der Waals surface area contributed by atoms with E-state index in [1.54, 1.807) is 19.1 Å². The summed E-state index contributed by atoms with van der Waals surface area (Å²) in [5.41, 5.74) is -0.615. The molecule has 9 heteroatoms. The van der Waals surface area contributed by atoms with Gasteiger partial charge >= 0.3 is 209 Å². The summed E-state index contributed by atoms with van der Waals surface area (Å²) >= 11 is 0.421. The van der Waals surface area contributed by atoms with Crippen molar-refractivity contribution < 1.29 is 34.9 Å². The Balaban J connectivity index is 0.00000385. The van der Waals surface area contributed by atoms with Crippen molar-refractivity contribution in [2.24, 2.45) is 0 Å². The number of benzene rings is 3. The first-order valence-corrected chi connectivity index (χ1v) is 14.8. The van der Waals surface area contributed by atoms with E-state index in [0.717, 1.165) is 10.6 Å². The summed E-state index contributed by atoms with van der Waals surface area (Å²) in [4.78, 5) is 13.3. The molecule has 0 saturated heterocycles. The average Bonchev–Trinajstić information content (AvgIpc) is 2.77. The molecule has 1 N–H and O–H groups in total. The third-order valence-corrected chi connectivity index (χ3v) is 12.8. The van der Waals surface area contributed by atoms with Crippen LogP contribution in [-0.2, 0) is 19.6 Å². The Morgan fingerprint density at radius 2 is 1.45 bits per heavy atom. The van der Waals surface area contributed by atoms with Gasteiger partial charge in [0, 0.05) is 0 Å². The summed E-state index contributed by atoms with van der Waals surface area (Å²) in [6, 6.07) is 24.4. The molecule has 5 nitrogen and oxygen atoms in total. The Morgan fingerprint density at radius 3 is 1.88 bits per heavy atom. The molecule has 3 aromatic rings. The Labute approximate surface area is 219 Å². The molecule has 1 atom stereocenters. The number of carbonyl (C=O) groups is 1. The standard InChI is InChI=1S/C24H24O5PS.ClH.Na/c1-3-21(24(25)29-4-2)30(19-13-7-5-8-14-19,20-15-9-6-10-16-20)22-17-11-12-18-23(22)31(26,27)28;;/h5-17,21H,3-4H2,1-2H3;1H;. The van der Waals surface area contributed by atoms with Gasteiger partial charge in [-0.1, -0.05) is 0 Å². The molecule has 3 aromatic carbocycles. The molecule has 0 heterocycles. The number of esters is 1. The predicted molar refractivity (Wildman–Crippen MR) is 131 cm³/mol. The van der Waals surface area contributed by atoms with E-state index in [1.165, 1.54) is 0 Å². The van der Waals surface area contributed by atoms with Crippen molar-refractivity contribution in [1.82, 2.24) is 0 Å². The van der Waals surface area contributed by atoms with E-state index >= 15 is 0 Å². The van der Waals surface area contributed by atoms with Crippen molar-refractivity contribution in [1.29, 1.82) is 0 Å². The van der Waals surface area contributed by atoms with Crippen molar-refractivity contribution in [2.45, 2.75) is 30.8 Å². The topological polar surface area (TPSA) is 80.7 Å². The summed E-state index contributed by atoms with van der Waals surface area (Å²) in [7, 11) is -7.43. The van der Waals surface area contributed by atoms with Gasteiger partial charge in [0.25, 0.3) is 0 Å². The Morgan fingerprint density at radius 1 is 0.939 bits per heavy atom. The summed E-state index contributed by atoms with van der Waals surface area (Å²) < 4.78 is 41.7. The van der Waals surface area contributed by atoms with Crippen molar-refractivity contribution in [3.63, 3.8) is 0 Å². The summed E-state index contributed by atoms with van der Waals surface area (Å²) in [6.07, 6.45) is 0.451. The van der Waals surface area contributed by atoms with Gasteiger partial charge in [-0.25, -0.2) is 0 Å². The third kappa shape index (κ3) is 5.54. The second kappa shape index (κ2) is 11.9. The summed E-state index contributed by atoms with van der Waals surface area (Å²) in [5, 5.41) is 2.22. The van der Waals surface area contributed by atoms with Gasteiger partial charge in [0.15, 0.2) is 0 Å². The molecule has 3 rings (SSSR count). The molecule has 0 amide bonds. The second-order valence-corrected chi connectivity index (χ2v) is 13.5. The zero-order chi connectivity index (χ0) is 23.4. The van der Waals surface area contributed by atoms with Crippen LogP contribution in [0.1, 0.15) is 20.3 Å². The van der Waals surface area contributed by atoms with Crippen molar-refractivity contribution in [2.75, 3.05) is 6.61 Å². The van der Waals surface area contributed by atoms with Crippen LogP contribution in [0.2, 0.25) is 0 Å². The number of hydrogen-bond donors (Lipinski definition) is 1. The first-order valence-electron chi connectivity index (χ1n) is 10.5. The van der Waals surface area contributed by atoms with Crippen LogP contribution in [0.15, 0.2) is 83.8 Å². The molecule has 0 fully saturated rings. The minimum atomic E-state index is -4.53. The van der Waals surface area contributed by atoms with E-state index in [1.807, 2.05) is 73.7 Å². The Bertz CT molecular complexity index is 1150. The van der Waals surface area contributed by atoms with Gasteiger partial charge in [0.2, 0.25) is 0 Å². The van der Waals surface area contributed by atoms with Crippen LogP contribution in [-0.4, -0.2) is 59.1 Å². The molecule has 0 aliphatic heterocycles. The van der Waals surface area contributed by atoms with Crippen LogP contribution in [0.25, 0.3) is 0 Å². The van der Waals surface area contributed by atoms with Crippen LogP contribution in [0.3, 0.4) is 0 Å². The first-order chi connectivity index (χ1) is 15.3. The van der Waals surface area contributed by atoms with Crippen molar-refractivity contribution in [3.8, 4) is 0 Å². The van der Waals surface area contributed by atoms with E-state index in [2.05, 4.69) is 0 Å². The largest absolute Gasteiger partial charge is 1.00 e. The smallest absolute Gasteiger partial charge is 1.00 e. The fourth-order valence-electron chi connectivity index (χ4n) is 4.37. The van der Waals surface area contributed by atoms with E-state index in [-0.39, 0.29) is 29.9 Å². The maximum atomic E-state index is 13.4. The number of halogens is 1. The maximum Gasteiger partial charge on any atom is -1.00 e. The molecule has 0 spiro atoms. The third-order valence-electron chi connectivity index (χ3n) is 5.57. The molecule has 0 radical (unpaired) electrons. The fourth-order valence-corrected chi connectivity index (χ4v) is 12.4. The zero-order valence-electron chi connectivity index (χ0n) is 18.8. The minimum Gasteiger partial charge on any atom is -1.00 e. The van der Waals surface area contributed by atoms with Gasteiger partial charge in [-0.2, -0.15) is 0 Å². The van der Waals surface area contributed by atoms with Gasteiger partial charge in [-0.05, 0) is 0 Å². The number of hydrogen-bond acceptors (Lipinski definition) is 4. The van der Waals surface area contributed by atoms with Crippen LogP contribution in [0.5, 0.6) is 0 Å².